The molecule has 6 nitrogen and oxygen atoms in total. The van der Waals surface area contributed by atoms with Gasteiger partial charge in [-0.15, -0.1) is 0 Å². The van der Waals surface area contributed by atoms with Crippen LogP contribution in [0.1, 0.15) is 47.9 Å². The van der Waals surface area contributed by atoms with Crippen LogP contribution in [0.4, 0.5) is 0 Å². The summed E-state index contributed by atoms with van der Waals surface area (Å²) in [4.78, 5) is 54.7. The first-order valence-corrected chi connectivity index (χ1v) is 15.3. The van der Waals surface area contributed by atoms with Crippen LogP contribution >= 0.6 is 23.5 Å². The summed E-state index contributed by atoms with van der Waals surface area (Å²) >= 11 is 3.45. The average Bonchev–Trinajstić information content (AvgIpc) is 2.96. The molecule has 0 bridgehead atoms. The van der Waals surface area contributed by atoms with Crippen LogP contribution in [0.15, 0.2) is 72.8 Å². The standard InChI is InChI=1S/C31H26N2O4S2/c34-28-22-10-1-6-20-7-2-11-23(26(20)22)29(35)32(28)14-18-38-16-5-17-39-19-15-33-30(36)24-12-3-8-21-9-4-13-25(27(21)24)31(33)37/h1-4,6-13H,5,14-19H2. The van der Waals surface area contributed by atoms with E-state index in [9.17, 15) is 19.2 Å². The van der Waals surface area contributed by atoms with Crippen molar-refractivity contribution in [3.63, 3.8) is 0 Å². The molecule has 0 spiro atoms. The fraction of sp³-hybridized carbons (Fsp3) is 0.226. The maximum atomic E-state index is 13.0. The van der Waals surface area contributed by atoms with E-state index < -0.39 is 0 Å². The molecule has 0 N–H and O–H groups in total. The Bertz CT molecular complexity index is 1430. The minimum Gasteiger partial charge on any atom is -0.274 e. The quantitative estimate of drug-likeness (QED) is 0.184. The Hall–Kier alpha value is -3.62. The second-order valence-corrected chi connectivity index (χ2v) is 12.0. The van der Waals surface area contributed by atoms with Crippen molar-refractivity contribution in [2.75, 3.05) is 36.1 Å². The van der Waals surface area contributed by atoms with Crippen LogP contribution in [0.25, 0.3) is 21.5 Å². The number of benzene rings is 4. The van der Waals surface area contributed by atoms with Gasteiger partial charge in [0.25, 0.3) is 23.6 Å². The highest BCUT2D eigenvalue weighted by Gasteiger charge is 2.33. The molecule has 2 aliphatic heterocycles. The van der Waals surface area contributed by atoms with E-state index in [1.54, 1.807) is 47.8 Å². The Labute approximate surface area is 234 Å². The van der Waals surface area contributed by atoms with Gasteiger partial charge in [0.15, 0.2) is 0 Å². The lowest BCUT2D eigenvalue weighted by atomic mass is 9.94. The predicted octanol–water partition coefficient (Wildman–Crippen LogP) is 5.74. The molecule has 2 heterocycles. The normalized spacial score (nSPS) is 14.7. The number of hydrogen-bond donors (Lipinski definition) is 0. The van der Waals surface area contributed by atoms with Crippen molar-refractivity contribution in [2.45, 2.75) is 6.42 Å². The van der Waals surface area contributed by atoms with Crippen LogP contribution in [0, 0.1) is 0 Å². The first kappa shape index (κ1) is 25.6. The number of carbonyl (C=O) groups is 4. The van der Waals surface area contributed by atoms with Crippen LogP contribution in [-0.2, 0) is 0 Å². The summed E-state index contributed by atoms with van der Waals surface area (Å²) in [5.41, 5.74) is 2.37. The van der Waals surface area contributed by atoms with Crippen LogP contribution < -0.4 is 0 Å². The average molecular weight is 555 g/mol. The van der Waals surface area contributed by atoms with Crippen molar-refractivity contribution in [3.8, 4) is 0 Å². The Balaban J connectivity index is 0.937. The largest absolute Gasteiger partial charge is 0.274 e. The number of thioether (sulfide) groups is 2. The number of carbonyl (C=O) groups excluding carboxylic acids is 4. The molecule has 0 aromatic heterocycles. The van der Waals surface area contributed by atoms with E-state index in [-0.39, 0.29) is 23.6 Å². The molecule has 8 heteroatoms. The number of nitrogens with zero attached hydrogens (tertiary/aromatic N) is 2. The molecule has 196 valence electrons. The van der Waals surface area contributed by atoms with Crippen molar-refractivity contribution < 1.29 is 19.2 Å². The monoisotopic (exact) mass is 554 g/mol. The van der Waals surface area contributed by atoms with E-state index in [2.05, 4.69) is 0 Å². The topological polar surface area (TPSA) is 74.8 Å². The van der Waals surface area contributed by atoms with E-state index in [1.807, 2.05) is 48.5 Å². The molecule has 0 saturated carbocycles. The van der Waals surface area contributed by atoms with Crippen molar-refractivity contribution in [2.24, 2.45) is 0 Å². The van der Waals surface area contributed by atoms with Gasteiger partial charge in [-0.25, -0.2) is 0 Å². The maximum Gasteiger partial charge on any atom is 0.261 e. The van der Waals surface area contributed by atoms with Gasteiger partial charge in [-0.05, 0) is 53.0 Å². The number of amides is 4. The summed E-state index contributed by atoms with van der Waals surface area (Å²) in [5, 5.41) is 3.33. The van der Waals surface area contributed by atoms with Gasteiger partial charge in [0.1, 0.15) is 0 Å². The molecule has 6 rings (SSSR count). The SMILES string of the molecule is O=C1c2cccc3cccc(c23)C(=O)N1CCSCCCSCCN1C(=O)c2cccc3cccc(c23)C1=O. The summed E-state index contributed by atoms with van der Waals surface area (Å²) < 4.78 is 0. The maximum absolute atomic E-state index is 13.0. The Morgan fingerprint density at radius 2 is 0.795 bits per heavy atom. The lowest BCUT2D eigenvalue weighted by Gasteiger charge is -2.27. The van der Waals surface area contributed by atoms with Crippen LogP contribution in [0.3, 0.4) is 0 Å². The Morgan fingerprint density at radius 3 is 1.13 bits per heavy atom. The summed E-state index contributed by atoms with van der Waals surface area (Å²) in [6.45, 7) is 0.765. The van der Waals surface area contributed by atoms with Crippen LogP contribution in [-0.4, -0.2) is 69.5 Å². The summed E-state index contributed by atoms with van der Waals surface area (Å²) in [7, 11) is 0. The second-order valence-electron chi connectivity index (χ2n) is 9.52. The number of imide groups is 2. The minimum atomic E-state index is -0.221. The predicted molar refractivity (Wildman–Crippen MR) is 158 cm³/mol. The number of rotatable bonds is 10. The first-order chi connectivity index (χ1) is 19.1. The lowest BCUT2D eigenvalue weighted by Crippen LogP contribution is -2.41. The van der Waals surface area contributed by atoms with Crippen molar-refractivity contribution in [1.29, 1.82) is 0 Å². The molecule has 4 amide bonds. The summed E-state index contributed by atoms with van der Waals surface area (Å²) in [6, 6.07) is 22.3. The zero-order chi connectivity index (χ0) is 26.9. The molecule has 0 aliphatic carbocycles. The van der Waals surface area contributed by atoms with Crippen molar-refractivity contribution in [3.05, 3.63) is 95.1 Å². The number of hydrogen-bond acceptors (Lipinski definition) is 6. The third kappa shape index (κ3) is 4.61. The molecule has 4 aromatic carbocycles. The van der Waals surface area contributed by atoms with Gasteiger partial charge in [0, 0.05) is 57.6 Å². The zero-order valence-corrected chi connectivity index (χ0v) is 22.9. The van der Waals surface area contributed by atoms with Gasteiger partial charge < -0.3 is 0 Å². The van der Waals surface area contributed by atoms with E-state index in [0.29, 0.717) is 46.8 Å². The van der Waals surface area contributed by atoms with Gasteiger partial charge in [0.2, 0.25) is 0 Å². The highest BCUT2D eigenvalue weighted by atomic mass is 32.2. The summed E-state index contributed by atoms with van der Waals surface area (Å²) in [6.07, 6.45) is 0.962. The van der Waals surface area contributed by atoms with Crippen LogP contribution in [0.5, 0.6) is 0 Å². The first-order valence-electron chi connectivity index (χ1n) is 13.0. The third-order valence-electron chi connectivity index (χ3n) is 7.21. The van der Waals surface area contributed by atoms with E-state index in [4.69, 9.17) is 0 Å². The highest BCUT2D eigenvalue weighted by Crippen LogP contribution is 2.31. The van der Waals surface area contributed by atoms with Crippen molar-refractivity contribution in [1.82, 2.24) is 9.80 Å². The van der Waals surface area contributed by atoms with Gasteiger partial charge in [0.05, 0.1) is 0 Å². The fourth-order valence-electron chi connectivity index (χ4n) is 5.35. The minimum absolute atomic E-state index is 0.221. The summed E-state index contributed by atoms with van der Waals surface area (Å²) in [5.74, 6) is 2.30. The fourth-order valence-corrected chi connectivity index (χ4v) is 7.26. The molecule has 2 aliphatic rings. The highest BCUT2D eigenvalue weighted by molar-refractivity contribution is 8.00. The van der Waals surface area contributed by atoms with Gasteiger partial charge in [-0.2, -0.15) is 23.5 Å². The van der Waals surface area contributed by atoms with Gasteiger partial charge in [-0.3, -0.25) is 29.0 Å². The molecule has 0 atom stereocenters. The van der Waals surface area contributed by atoms with Gasteiger partial charge >= 0.3 is 0 Å². The second kappa shape index (κ2) is 10.9. The zero-order valence-electron chi connectivity index (χ0n) is 21.2. The smallest absolute Gasteiger partial charge is 0.261 e. The Kier molecular flexibility index (Phi) is 7.14. The van der Waals surface area contributed by atoms with Gasteiger partial charge in [-0.1, -0.05) is 48.5 Å². The molecule has 0 fully saturated rings. The van der Waals surface area contributed by atoms with E-state index >= 15 is 0 Å². The van der Waals surface area contributed by atoms with E-state index in [0.717, 1.165) is 39.5 Å². The molecule has 39 heavy (non-hydrogen) atoms. The Morgan fingerprint density at radius 1 is 0.462 bits per heavy atom. The lowest BCUT2D eigenvalue weighted by molar-refractivity contribution is 0.0605. The van der Waals surface area contributed by atoms with Crippen molar-refractivity contribution >= 4 is 68.7 Å². The molecule has 0 unspecified atom stereocenters. The molecule has 0 radical (unpaired) electrons. The third-order valence-corrected chi connectivity index (χ3v) is 9.30. The van der Waals surface area contributed by atoms with Crippen LogP contribution in [0.2, 0.25) is 0 Å². The van der Waals surface area contributed by atoms with E-state index in [1.165, 1.54) is 9.80 Å². The molecular formula is C31H26N2O4S2. The molecule has 4 aromatic rings. The molecule has 0 saturated heterocycles. The molecular weight excluding hydrogens is 528 g/mol.